The Kier molecular flexibility index (Phi) is 6.16. The van der Waals surface area contributed by atoms with Crippen LogP contribution in [-0.2, 0) is 11.3 Å². The highest BCUT2D eigenvalue weighted by molar-refractivity contribution is 14.0. The van der Waals surface area contributed by atoms with Crippen LogP contribution in [0, 0.1) is 11.8 Å². The van der Waals surface area contributed by atoms with Crippen LogP contribution in [0.3, 0.4) is 0 Å². The minimum Gasteiger partial charge on any atom is -0.374 e. The summed E-state index contributed by atoms with van der Waals surface area (Å²) in [6, 6.07) is 8.82. The van der Waals surface area contributed by atoms with E-state index in [9.17, 15) is 0 Å². The predicted octanol–water partition coefficient (Wildman–Crippen LogP) is 3.26. The van der Waals surface area contributed by atoms with Gasteiger partial charge in [-0.15, -0.1) is 24.0 Å². The molecule has 5 nitrogen and oxygen atoms in total. The summed E-state index contributed by atoms with van der Waals surface area (Å²) in [5, 5.41) is 3.52. The van der Waals surface area contributed by atoms with Crippen molar-refractivity contribution in [1.29, 1.82) is 0 Å². The Morgan fingerprint density at radius 3 is 2.54 bits per heavy atom. The Morgan fingerprint density at radius 1 is 1.14 bits per heavy atom. The fraction of sp³-hybridized carbons (Fsp3) is 0.591. The van der Waals surface area contributed by atoms with E-state index in [1.165, 1.54) is 24.1 Å². The Balaban J connectivity index is 0.00000192. The number of fused-ring (bicyclic) bond motifs is 5. The van der Waals surface area contributed by atoms with Crippen molar-refractivity contribution >= 4 is 35.6 Å². The van der Waals surface area contributed by atoms with Crippen molar-refractivity contribution in [2.24, 2.45) is 16.8 Å². The number of nitrogens with zero attached hydrogens (tertiary/aromatic N) is 3. The van der Waals surface area contributed by atoms with Crippen molar-refractivity contribution in [2.75, 3.05) is 37.6 Å². The van der Waals surface area contributed by atoms with E-state index in [0.717, 1.165) is 45.2 Å². The first-order valence-electron chi connectivity index (χ1n) is 10.5. The first-order valence-corrected chi connectivity index (χ1v) is 10.5. The summed E-state index contributed by atoms with van der Waals surface area (Å²) >= 11 is 0. The summed E-state index contributed by atoms with van der Waals surface area (Å²) in [6.07, 6.45) is 7.97. The van der Waals surface area contributed by atoms with E-state index in [0.29, 0.717) is 24.0 Å². The zero-order valence-corrected chi connectivity index (χ0v) is 18.9. The lowest BCUT2D eigenvalue weighted by Crippen LogP contribution is -2.41. The van der Waals surface area contributed by atoms with E-state index < -0.39 is 0 Å². The summed E-state index contributed by atoms with van der Waals surface area (Å²) in [7, 11) is 0. The van der Waals surface area contributed by atoms with E-state index in [2.05, 4.69) is 58.5 Å². The van der Waals surface area contributed by atoms with Crippen molar-refractivity contribution in [1.82, 2.24) is 10.2 Å². The normalized spacial score (nSPS) is 30.7. The molecule has 28 heavy (non-hydrogen) atoms. The van der Waals surface area contributed by atoms with Crippen molar-refractivity contribution in [3.63, 3.8) is 0 Å². The average Bonchev–Trinajstić information content (AvgIpc) is 3.47. The summed E-state index contributed by atoms with van der Waals surface area (Å²) in [4.78, 5) is 9.85. The molecule has 2 bridgehead atoms. The summed E-state index contributed by atoms with van der Waals surface area (Å²) in [6.45, 7) is 8.00. The van der Waals surface area contributed by atoms with Gasteiger partial charge in [0, 0.05) is 50.2 Å². The van der Waals surface area contributed by atoms with Gasteiger partial charge in [0.25, 0.3) is 0 Å². The molecule has 0 aliphatic carbocycles. The number of halogens is 1. The van der Waals surface area contributed by atoms with Crippen molar-refractivity contribution in [2.45, 2.75) is 38.5 Å². The van der Waals surface area contributed by atoms with Gasteiger partial charge in [-0.2, -0.15) is 0 Å². The Morgan fingerprint density at radius 2 is 1.86 bits per heavy atom. The molecule has 0 radical (unpaired) electrons. The minimum absolute atomic E-state index is 0. The topological polar surface area (TPSA) is 40.1 Å². The van der Waals surface area contributed by atoms with Crippen molar-refractivity contribution in [3.8, 4) is 0 Å². The summed E-state index contributed by atoms with van der Waals surface area (Å²) in [5.74, 6) is 2.48. The molecular weight excluding hydrogens is 463 g/mol. The van der Waals surface area contributed by atoms with E-state index in [4.69, 9.17) is 9.73 Å². The number of hydrogen-bond donors (Lipinski definition) is 1. The SMILES string of the molecule is CCNC(=NCc1cccc(N2CC=CC2)c1)N1CC2C3CCC(O3)C2C1.I. The first kappa shape index (κ1) is 20.0. The summed E-state index contributed by atoms with van der Waals surface area (Å²) in [5.41, 5.74) is 2.57. The average molecular weight is 494 g/mol. The lowest BCUT2D eigenvalue weighted by Gasteiger charge is -2.23. The molecule has 5 rings (SSSR count). The van der Waals surface area contributed by atoms with Gasteiger partial charge < -0.3 is 19.9 Å². The van der Waals surface area contributed by atoms with E-state index in [1.54, 1.807) is 0 Å². The fourth-order valence-electron chi connectivity index (χ4n) is 5.27. The Bertz CT molecular complexity index is 726. The van der Waals surface area contributed by atoms with Crippen LogP contribution < -0.4 is 10.2 Å². The van der Waals surface area contributed by atoms with Crippen molar-refractivity contribution in [3.05, 3.63) is 42.0 Å². The highest BCUT2D eigenvalue weighted by atomic mass is 127. The number of benzene rings is 1. The molecule has 1 N–H and O–H groups in total. The third-order valence-electron chi connectivity index (χ3n) is 6.59. The number of hydrogen-bond acceptors (Lipinski definition) is 3. The second kappa shape index (κ2) is 8.61. The van der Waals surface area contributed by atoms with Gasteiger partial charge >= 0.3 is 0 Å². The molecule has 0 saturated carbocycles. The largest absolute Gasteiger partial charge is 0.374 e. The van der Waals surface area contributed by atoms with E-state index in [-0.39, 0.29) is 24.0 Å². The van der Waals surface area contributed by atoms with Gasteiger partial charge in [0.2, 0.25) is 0 Å². The van der Waals surface area contributed by atoms with Gasteiger partial charge in [0.05, 0.1) is 18.8 Å². The monoisotopic (exact) mass is 494 g/mol. The van der Waals surface area contributed by atoms with Gasteiger partial charge in [-0.1, -0.05) is 24.3 Å². The standard InChI is InChI=1S/C22H30N4O.HI/c1-2-23-22(26-14-18-19(15-26)21-9-8-20(18)27-21)24-13-16-6-5-7-17(12-16)25-10-3-4-11-25;/h3-7,12,18-21H,2,8-11,13-15H2,1H3,(H,23,24);1H. The number of aliphatic imine (C=N–C) groups is 1. The zero-order chi connectivity index (χ0) is 18.2. The van der Waals surface area contributed by atoms with Crippen LogP contribution in [0.5, 0.6) is 0 Å². The molecule has 0 amide bonds. The molecule has 4 unspecified atom stereocenters. The third kappa shape index (κ3) is 3.77. The molecule has 152 valence electrons. The third-order valence-corrected chi connectivity index (χ3v) is 6.59. The number of ether oxygens (including phenoxy) is 1. The number of rotatable bonds is 4. The van der Waals surface area contributed by atoms with Crippen LogP contribution in [0.2, 0.25) is 0 Å². The molecule has 0 spiro atoms. The highest BCUT2D eigenvalue weighted by Gasteiger charge is 2.53. The van der Waals surface area contributed by atoms with Gasteiger partial charge in [0.1, 0.15) is 0 Å². The minimum atomic E-state index is 0. The fourth-order valence-corrected chi connectivity index (χ4v) is 5.27. The predicted molar refractivity (Wildman–Crippen MR) is 124 cm³/mol. The quantitative estimate of drug-likeness (QED) is 0.302. The lowest BCUT2D eigenvalue weighted by atomic mass is 9.82. The maximum Gasteiger partial charge on any atom is 0.194 e. The number of nitrogens with one attached hydrogen (secondary N) is 1. The molecule has 6 heteroatoms. The Labute approximate surface area is 185 Å². The maximum atomic E-state index is 6.12. The molecule has 0 aromatic heterocycles. The molecule has 1 aromatic rings. The van der Waals surface area contributed by atoms with Crippen LogP contribution >= 0.6 is 24.0 Å². The Hall–Kier alpha value is -1.28. The van der Waals surface area contributed by atoms with Gasteiger partial charge in [-0.25, -0.2) is 4.99 Å². The van der Waals surface area contributed by atoms with Crippen LogP contribution in [0.25, 0.3) is 0 Å². The molecule has 4 heterocycles. The molecule has 4 aliphatic rings. The number of anilines is 1. The summed E-state index contributed by atoms with van der Waals surface area (Å²) < 4.78 is 6.12. The molecule has 4 atom stereocenters. The first-order chi connectivity index (χ1) is 13.3. The van der Waals surface area contributed by atoms with Crippen LogP contribution in [0.1, 0.15) is 25.3 Å². The molecule has 4 aliphatic heterocycles. The smallest absolute Gasteiger partial charge is 0.194 e. The molecule has 3 fully saturated rings. The molecular formula is C22H31IN4O. The van der Waals surface area contributed by atoms with Crippen LogP contribution in [0.4, 0.5) is 5.69 Å². The van der Waals surface area contributed by atoms with Gasteiger partial charge in [-0.05, 0) is 37.5 Å². The highest BCUT2D eigenvalue weighted by Crippen LogP contribution is 2.47. The van der Waals surface area contributed by atoms with Crippen molar-refractivity contribution < 1.29 is 4.74 Å². The van der Waals surface area contributed by atoms with Gasteiger partial charge in [0.15, 0.2) is 5.96 Å². The van der Waals surface area contributed by atoms with Gasteiger partial charge in [-0.3, -0.25) is 0 Å². The van der Waals surface area contributed by atoms with E-state index in [1.807, 2.05) is 0 Å². The zero-order valence-electron chi connectivity index (χ0n) is 16.6. The molecule has 3 saturated heterocycles. The second-order valence-corrected chi connectivity index (χ2v) is 8.24. The van der Waals surface area contributed by atoms with Crippen LogP contribution in [-0.4, -0.2) is 55.8 Å². The molecule has 1 aromatic carbocycles. The number of likely N-dealkylation sites (tertiary alicyclic amines) is 1. The van der Waals surface area contributed by atoms with Crippen LogP contribution in [0.15, 0.2) is 41.4 Å². The van der Waals surface area contributed by atoms with E-state index >= 15 is 0 Å². The number of guanidine groups is 1. The lowest BCUT2D eigenvalue weighted by molar-refractivity contribution is 0.0767. The maximum absolute atomic E-state index is 6.12. The second-order valence-electron chi connectivity index (χ2n) is 8.24.